The Morgan fingerprint density at radius 2 is 0.983 bits per heavy atom. The second-order valence-corrected chi connectivity index (χ2v) is 16.6. The topological polar surface area (TPSA) is 29.5 Å². The Kier molecular flexibility index (Phi) is 7.18. The van der Waals surface area contributed by atoms with E-state index in [1.165, 1.54) is 36.7 Å². The van der Waals surface area contributed by atoms with Gasteiger partial charge in [0.25, 0.3) is 0 Å². The lowest BCUT2D eigenvalue weighted by Crippen LogP contribution is -2.11. The van der Waals surface area contributed by atoms with Gasteiger partial charge in [0.2, 0.25) is 0 Å². The summed E-state index contributed by atoms with van der Waals surface area (Å²) in [5.74, 6) is 0. The Morgan fingerprint density at radius 1 is 0.367 bits per heavy atom. The van der Waals surface area contributed by atoms with Gasteiger partial charge in [0.05, 0.1) is 16.8 Å². The van der Waals surface area contributed by atoms with Crippen LogP contribution >= 0.6 is 11.3 Å². The van der Waals surface area contributed by atoms with Crippen molar-refractivity contribution in [3.63, 3.8) is 0 Å². The summed E-state index contributed by atoms with van der Waals surface area (Å²) in [6.07, 6.45) is 0. The number of fused-ring (bicyclic) bond motifs is 13. The SMILES string of the molecule is c1ccc(N(c2ccc(-c3cccc4c3sc3ccccc34)cc2)c2cccc3oc4c5ccccc5ccc4c23)c(-c2ccc3oc4c5ccccc5ccc4c3c2)c1. The number of rotatable bonds is 5. The summed E-state index contributed by atoms with van der Waals surface area (Å²) in [6.45, 7) is 0. The zero-order chi connectivity index (χ0) is 39.3. The summed E-state index contributed by atoms with van der Waals surface area (Å²) in [5.41, 5.74) is 11.4. The van der Waals surface area contributed by atoms with Gasteiger partial charge < -0.3 is 13.7 Å². The van der Waals surface area contributed by atoms with Gasteiger partial charge in [0, 0.05) is 58.4 Å². The standard InChI is InChI=1S/C56H33NO2S/c1-3-14-40-34(11-1)25-30-44-47-33-37(27-32-50(47)58-54(40)44)39-13-5-7-19-48(39)57(49-20-10-21-51-53(49)46-31-26-35-12-2-4-15-41(35)55(46)59-51)38-28-23-36(24-29-38)42-17-9-18-45-43-16-6-8-22-52(43)60-56(42)45/h1-33H. The van der Waals surface area contributed by atoms with Gasteiger partial charge in [-0.1, -0.05) is 140 Å². The third-order valence-corrected chi connectivity index (χ3v) is 13.5. The first-order chi connectivity index (χ1) is 29.7. The van der Waals surface area contributed by atoms with E-state index in [0.29, 0.717) is 0 Å². The van der Waals surface area contributed by atoms with Crippen molar-refractivity contribution in [1.82, 2.24) is 0 Å². The molecule has 0 saturated heterocycles. The minimum atomic E-state index is 0.855. The number of anilines is 3. The van der Waals surface area contributed by atoms with Crippen molar-refractivity contribution in [3.05, 3.63) is 200 Å². The Bertz CT molecular complexity index is 3850. The number of para-hydroxylation sites is 1. The molecule has 60 heavy (non-hydrogen) atoms. The average Bonchev–Trinajstić information content (AvgIpc) is 4.01. The molecule has 280 valence electrons. The van der Waals surface area contributed by atoms with E-state index < -0.39 is 0 Å². The summed E-state index contributed by atoms with van der Waals surface area (Å²) in [5, 5.41) is 11.6. The van der Waals surface area contributed by atoms with Crippen LogP contribution in [0.3, 0.4) is 0 Å². The summed E-state index contributed by atoms with van der Waals surface area (Å²) in [7, 11) is 0. The van der Waals surface area contributed by atoms with E-state index in [9.17, 15) is 0 Å². The molecule has 3 aromatic heterocycles. The van der Waals surface area contributed by atoms with Crippen LogP contribution in [0, 0.1) is 0 Å². The molecule has 0 saturated carbocycles. The monoisotopic (exact) mass is 783 g/mol. The molecule has 0 radical (unpaired) electrons. The Morgan fingerprint density at radius 3 is 1.82 bits per heavy atom. The second kappa shape index (κ2) is 12.9. The molecule has 4 heteroatoms. The highest BCUT2D eigenvalue weighted by atomic mass is 32.1. The number of hydrogen-bond donors (Lipinski definition) is 0. The molecular weight excluding hydrogens is 751 g/mol. The third kappa shape index (κ3) is 4.95. The quantitative estimate of drug-likeness (QED) is 0.174. The number of furan rings is 2. The van der Waals surface area contributed by atoms with Crippen molar-refractivity contribution in [1.29, 1.82) is 0 Å². The maximum atomic E-state index is 6.76. The first kappa shape index (κ1) is 33.3. The molecule has 0 aliphatic rings. The normalized spacial score (nSPS) is 12.0. The highest BCUT2D eigenvalue weighted by molar-refractivity contribution is 7.26. The van der Waals surface area contributed by atoms with Gasteiger partial charge in [-0.25, -0.2) is 0 Å². The highest BCUT2D eigenvalue weighted by Gasteiger charge is 2.23. The van der Waals surface area contributed by atoms with E-state index in [1.54, 1.807) is 0 Å². The summed E-state index contributed by atoms with van der Waals surface area (Å²) >= 11 is 1.87. The molecule has 0 amide bonds. The maximum Gasteiger partial charge on any atom is 0.143 e. The van der Waals surface area contributed by atoms with Crippen LogP contribution in [0.4, 0.5) is 17.1 Å². The summed E-state index contributed by atoms with van der Waals surface area (Å²) in [6, 6.07) is 72.0. The second-order valence-electron chi connectivity index (χ2n) is 15.6. The fraction of sp³-hybridized carbons (Fsp3) is 0. The van der Waals surface area contributed by atoms with E-state index in [1.807, 2.05) is 11.3 Å². The van der Waals surface area contributed by atoms with Gasteiger partial charge >= 0.3 is 0 Å². The van der Waals surface area contributed by atoms with Crippen molar-refractivity contribution in [2.75, 3.05) is 4.90 Å². The van der Waals surface area contributed by atoms with Crippen LogP contribution < -0.4 is 4.90 Å². The Labute approximate surface area is 348 Å². The first-order valence-corrected chi connectivity index (χ1v) is 21.1. The lowest BCUT2D eigenvalue weighted by Gasteiger charge is -2.28. The smallest absolute Gasteiger partial charge is 0.143 e. The summed E-state index contributed by atoms with van der Waals surface area (Å²) < 4.78 is 15.9. The number of benzene rings is 10. The van der Waals surface area contributed by atoms with Crippen LogP contribution in [0.15, 0.2) is 209 Å². The van der Waals surface area contributed by atoms with Gasteiger partial charge in [-0.05, 0) is 88.1 Å². The maximum absolute atomic E-state index is 6.76. The van der Waals surface area contributed by atoms with Crippen LogP contribution in [-0.4, -0.2) is 0 Å². The van der Waals surface area contributed by atoms with Gasteiger partial charge in [-0.3, -0.25) is 0 Å². The molecule has 0 bridgehead atoms. The van der Waals surface area contributed by atoms with Crippen molar-refractivity contribution in [3.8, 4) is 22.3 Å². The van der Waals surface area contributed by atoms with E-state index in [0.717, 1.165) is 88.2 Å². The van der Waals surface area contributed by atoms with Crippen LogP contribution in [0.2, 0.25) is 0 Å². The zero-order valence-corrected chi connectivity index (χ0v) is 33.0. The molecular formula is C56H33NO2S. The molecule has 0 aliphatic heterocycles. The van der Waals surface area contributed by atoms with Crippen LogP contribution in [0.1, 0.15) is 0 Å². The molecule has 13 rings (SSSR count). The Balaban J connectivity index is 1.03. The van der Waals surface area contributed by atoms with Gasteiger partial charge in [0.1, 0.15) is 22.3 Å². The molecule has 0 spiro atoms. The van der Waals surface area contributed by atoms with Gasteiger partial charge in [0.15, 0.2) is 0 Å². The van der Waals surface area contributed by atoms with Crippen molar-refractivity contribution >= 4 is 114 Å². The molecule has 0 unspecified atom stereocenters. The van der Waals surface area contributed by atoms with Gasteiger partial charge in [-0.2, -0.15) is 0 Å². The van der Waals surface area contributed by atoms with E-state index in [2.05, 4.69) is 205 Å². The lowest BCUT2D eigenvalue weighted by molar-refractivity contribution is 0.672. The molecule has 0 fully saturated rings. The van der Waals surface area contributed by atoms with Crippen LogP contribution in [0.25, 0.3) is 108 Å². The van der Waals surface area contributed by atoms with Crippen LogP contribution in [0.5, 0.6) is 0 Å². The fourth-order valence-corrected chi connectivity index (χ4v) is 10.7. The largest absolute Gasteiger partial charge is 0.455 e. The molecule has 0 atom stereocenters. The number of thiophene rings is 1. The van der Waals surface area contributed by atoms with Gasteiger partial charge in [-0.15, -0.1) is 11.3 Å². The molecule has 0 aliphatic carbocycles. The highest BCUT2D eigenvalue weighted by Crippen LogP contribution is 2.48. The number of hydrogen-bond acceptors (Lipinski definition) is 4. The van der Waals surface area contributed by atoms with Crippen molar-refractivity contribution in [2.45, 2.75) is 0 Å². The molecule has 3 heterocycles. The summed E-state index contributed by atoms with van der Waals surface area (Å²) in [4.78, 5) is 2.41. The fourth-order valence-electron chi connectivity index (χ4n) is 9.48. The van der Waals surface area contributed by atoms with E-state index in [-0.39, 0.29) is 0 Å². The average molecular weight is 784 g/mol. The lowest BCUT2D eigenvalue weighted by atomic mass is 9.98. The van der Waals surface area contributed by atoms with Crippen LogP contribution in [-0.2, 0) is 0 Å². The minimum absolute atomic E-state index is 0.855. The van der Waals surface area contributed by atoms with E-state index >= 15 is 0 Å². The number of nitrogens with zero attached hydrogens (tertiary/aromatic N) is 1. The molecule has 3 nitrogen and oxygen atoms in total. The third-order valence-electron chi connectivity index (χ3n) is 12.3. The minimum Gasteiger partial charge on any atom is -0.455 e. The van der Waals surface area contributed by atoms with Crippen molar-refractivity contribution in [2.24, 2.45) is 0 Å². The zero-order valence-electron chi connectivity index (χ0n) is 32.2. The molecule has 10 aromatic carbocycles. The first-order valence-electron chi connectivity index (χ1n) is 20.3. The predicted molar refractivity (Wildman–Crippen MR) is 254 cm³/mol. The van der Waals surface area contributed by atoms with Crippen molar-refractivity contribution < 1.29 is 8.83 Å². The molecule has 0 N–H and O–H groups in total. The van der Waals surface area contributed by atoms with E-state index in [4.69, 9.17) is 8.83 Å². The molecule has 13 aromatic rings. The Hall–Kier alpha value is -7.66. The predicted octanol–water partition coefficient (Wildman–Crippen LogP) is 17.0.